The van der Waals surface area contributed by atoms with Gasteiger partial charge < -0.3 is 0 Å². The van der Waals surface area contributed by atoms with Crippen LogP contribution in [0, 0.1) is 5.82 Å². The standard InChI is InChI=1S/C14H15FN2O3/c1-20-17-13(18)5-4-12(14(17)19)16-7-9-2-3-11(15)6-10(9)8-16/h2-3,6,12H,4-5,7-8H2,1H3. The van der Waals surface area contributed by atoms with Crippen molar-refractivity contribution in [1.29, 1.82) is 0 Å². The SMILES string of the molecule is CON1C(=O)CCC(N2Cc3ccc(F)cc3C2)C1=O. The molecule has 6 heteroatoms. The Balaban J connectivity index is 1.79. The molecule has 0 N–H and O–H groups in total. The van der Waals surface area contributed by atoms with E-state index < -0.39 is 0 Å². The highest BCUT2D eigenvalue weighted by Crippen LogP contribution is 2.29. The highest BCUT2D eigenvalue weighted by atomic mass is 19.1. The molecule has 0 spiro atoms. The summed E-state index contributed by atoms with van der Waals surface area (Å²) in [7, 11) is 1.31. The molecule has 1 atom stereocenters. The largest absolute Gasteiger partial charge is 0.283 e. The van der Waals surface area contributed by atoms with Gasteiger partial charge in [-0.05, 0) is 29.7 Å². The number of fused-ring (bicyclic) bond motifs is 1. The molecule has 3 rings (SSSR count). The molecule has 1 unspecified atom stereocenters. The van der Waals surface area contributed by atoms with Crippen molar-refractivity contribution in [1.82, 2.24) is 9.96 Å². The van der Waals surface area contributed by atoms with Gasteiger partial charge in [-0.15, -0.1) is 0 Å². The third-order valence-electron chi connectivity index (χ3n) is 3.88. The second-order valence-electron chi connectivity index (χ2n) is 5.08. The molecular weight excluding hydrogens is 263 g/mol. The number of amides is 2. The van der Waals surface area contributed by atoms with Crippen LogP contribution in [0.4, 0.5) is 4.39 Å². The molecule has 2 aliphatic heterocycles. The van der Waals surface area contributed by atoms with E-state index >= 15 is 0 Å². The van der Waals surface area contributed by atoms with E-state index in [0.29, 0.717) is 19.5 Å². The first kappa shape index (κ1) is 13.2. The van der Waals surface area contributed by atoms with Gasteiger partial charge in [-0.25, -0.2) is 4.39 Å². The van der Waals surface area contributed by atoms with Crippen LogP contribution in [-0.2, 0) is 27.5 Å². The van der Waals surface area contributed by atoms with E-state index in [9.17, 15) is 14.0 Å². The predicted molar refractivity (Wildman–Crippen MR) is 67.5 cm³/mol. The number of hydrogen-bond acceptors (Lipinski definition) is 4. The molecular formula is C14H15FN2O3. The quantitative estimate of drug-likeness (QED) is 0.763. The van der Waals surface area contributed by atoms with Gasteiger partial charge >= 0.3 is 0 Å². The lowest BCUT2D eigenvalue weighted by Crippen LogP contribution is -2.52. The van der Waals surface area contributed by atoms with Crippen LogP contribution in [0.2, 0.25) is 0 Å². The lowest BCUT2D eigenvalue weighted by molar-refractivity contribution is -0.196. The molecule has 1 fully saturated rings. The lowest BCUT2D eigenvalue weighted by atomic mass is 10.0. The summed E-state index contributed by atoms with van der Waals surface area (Å²) in [5.74, 6) is -0.914. The van der Waals surface area contributed by atoms with Crippen molar-refractivity contribution in [2.75, 3.05) is 7.11 Å². The van der Waals surface area contributed by atoms with Crippen molar-refractivity contribution in [3.63, 3.8) is 0 Å². The van der Waals surface area contributed by atoms with Crippen LogP contribution in [0.3, 0.4) is 0 Å². The van der Waals surface area contributed by atoms with Crippen LogP contribution in [-0.4, -0.2) is 34.9 Å². The van der Waals surface area contributed by atoms with Crippen molar-refractivity contribution in [2.45, 2.75) is 32.0 Å². The van der Waals surface area contributed by atoms with Gasteiger partial charge in [0.05, 0.1) is 13.2 Å². The summed E-state index contributed by atoms with van der Waals surface area (Å²) < 4.78 is 13.2. The monoisotopic (exact) mass is 278 g/mol. The smallest absolute Gasteiger partial charge is 0.270 e. The van der Waals surface area contributed by atoms with Gasteiger partial charge in [-0.1, -0.05) is 6.07 Å². The number of halogens is 1. The Labute approximate surface area is 115 Å². The zero-order valence-corrected chi connectivity index (χ0v) is 11.1. The number of hydroxylamine groups is 2. The minimum absolute atomic E-state index is 0.269. The minimum atomic E-state index is -0.386. The van der Waals surface area contributed by atoms with Crippen LogP contribution in [0.1, 0.15) is 24.0 Å². The summed E-state index contributed by atoms with van der Waals surface area (Å²) in [5.41, 5.74) is 1.93. The first-order valence-corrected chi connectivity index (χ1v) is 6.52. The highest BCUT2D eigenvalue weighted by Gasteiger charge is 2.40. The molecule has 2 heterocycles. The molecule has 20 heavy (non-hydrogen) atoms. The number of imide groups is 1. The maximum Gasteiger partial charge on any atom is 0.270 e. The maximum atomic E-state index is 13.2. The molecule has 0 radical (unpaired) electrons. The van der Waals surface area contributed by atoms with Crippen molar-refractivity contribution < 1.29 is 18.8 Å². The van der Waals surface area contributed by atoms with E-state index in [4.69, 9.17) is 4.84 Å². The number of piperidine rings is 1. The average molecular weight is 278 g/mol. The fourth-order valence-electron chi connectivity index (χ4n) is 2.88. The maximum absolute atomic E-state index is 13.2. The summed E-state index contributed by atoms with van der Waals surface area (Å²) in [6, 6.07) is 4.29. The number of nitrogens with zero attached hydrogens (tertiary/aromatic N) is 2. The second kappa shape index (κ2) is 4.96. The van der Waals surface area contributed by atoms with Gasteiger partial charge in [0, 0.05) is 19.5 Å². The van der Waals surface area contributed by atoms with Gasteiger partial charge in [-0.3, -0.25) is 19.3 Å². The van der Waals surface area contributed by atoms with E-state index in [1.165, 1.54) is 19.2 Å². The van der Waals surface area contributed by atoms with Crippen LogP contribution >= 0.6 is 0 Å². The molecule has 1 saturated heterocycles. The Morgan fingerprint density at radius 1 is 1.25 bits per heavy atom. The molecule has 106 valence electrons. The topological polar surface area (TPSA) is 49.9 Å². The predicted octanol–water partition coefficient (Wildman–Crippen LogP) is 1.22. The van der Waals surface area contributed by atoms with Crippen molar-refractivity contribution >= 4 is 11.8 Å². The van der Waals surface area contributed by atoms with Gasteiger partial charge in [-0.2, -0.15) is 5.06 Å². The fraction of sp³-hybridized carbons (Fsp3) is 0.429. The molecule has 0 bridgehead atoms. The van der Waals surface area contributed by atoms with E-state index in [-0.39, 0.29) is 30.1 Å². The summed E-state index contributed by atoms with van der Waals surface area (Å²) in [4.78, 5) is 30.6. The molecule has 1 aromatic rings. The summed E-state index contributed by atoms with van der Waals surface area (Å²) >= 11 is 0. The van der Waals surface area contributed by atoms with Crippen LogP contribution < -0.4 is 0 Å². The number of carbonyl (C=O) groups excluding carboxylic acids is 2. The first-order valence-electron chi connectivity index (χ1n) is 6.52. The molecule has 2 amide bonds. The van der Waals surface area contributed by atoms with Crippen LogP contribution in [0.15, 0.2) is 18.2 Å². The molecule has 5 nitrogen and oxygen atoms in total. The Kier molecular flexibility index (Phi) is 3.27. The third-order valence-corrected chi connectivity index (χ3v) is 3.88. The first-order chi connectivity index (χ1) is 9.60. The molecule has 0 aromatic heterocycles. The number of benzene rings is 1. The summed E-state index contributed by atoms with van der Waals surface area (Å²) in [5, 5.41) is 0.831. The lowest BCUT2D eigenvalue weighted by Gasteiger charge is -2.33. The molecule has 2 aliphatic rings. The molecule has 0 saturated carbocycles. The van der Waals surface area contributed by atoms with Gasteiger partial charge in [0.25, 0.3) is 11.8 Å². The van der Waals surface area contributed by atoms with Crippen molar-refractivity contribution in [3.05, 3.63) is 35.1 Å². The fourth-order valence-corrected chi connectivity index (χ4v) is 2.88. The van der Waals surface area contributed by atoms with Gasteiger partial charge in [0.1, 0.15) is 5.82 Å². The number of hydrogen-bond donors (Lipinski definition) is 0. The van der Waals surface area contributed by atoms with Crippen molar-refractivity contribution in [2.24, 2.45) is 0 Å². The Morgan fingerprint density at radius 3 is 2.75 bits per heavy atom. The average Bonchev–Trinajstić information content (AvgIpc) is 2.81. The van der Waals surface area contributed by atoms with E-state index in [1.54, 1.807) is 6.07 Å². The zero-order chi connectivity index (χ0) is 14.3. The van der Waals surface area contributed by atoms with E-state index in [0.717, 1.165) is 16.2 Å². The van der Waals surface area contributed by atoms with Crippen molar-refractivity contribution in [3.8, 4) is 0 Å². The summed E-state index contributed by atoms with van der Waals surface area (Å²) in [6.45, 7) is 1.12. The number of rotatable bonds is 2. The Bertz CT molecular complexity index is 576. The zero-order valence-electron chi connectivity index (χ0n) is 11.1. The highest BCUT2D eigenvalue weighted by molar-refractivity contribution is 5.99. The normalized spacial score (nSPS) is 23.3. The van der Waals surface area contributed by atoms with E-state index in [2.05, 4.69) is 0 Å². The second-order valence-corrected chi connectivity index (χ2v) is 5.08. The third kappa shape index (κ3) is 2.10. The van der Waals surface area contributed by atoms with Crippen LogP contribution in [0.25, 0.3) is 0 Å². The van der Waals surface area contributed by atoms with Crippen LogP contribution in [0.5, 0.6) is 0 Å². The van der Waals surface area contributed by atoms with Gasteiger partial charge in [0.2, 0.25) is 0 Å². The Hall–Kier alpha value is -1.79. The molecule has 0 aliphatic carbocycles. The van der Waals surface area contributed by atoms with Gasteiger partial charge in [0.15, 0.2) is 0 Å². The summed E-state index contributed by atoms with van der Waals surface area (Å²) in [6.07, 6.45) is 0.763. The van der Waals surface area contributed by atoms with E-state index in [1.807, 2.05) is 4.90 Å². The molecule has 1 aromatic carbocycles. The Morgan fingerprint density at radius 2 is 2.00 bits per heavy atom. The minimum Gasteiger partial charge on any atom is -0.283 e. The number of carbonyl (C=O) groups is 2.